The Kier molecular flexibility index (Phi) is 4.62. The first kappa shape index (κ1) is 16.7. The number of benzene rings is 1. The van der Waals surface area contributed by atoms with Gasteiger partial charge in [-0.05, 0) is 50.3 Å². The number of anilines is 3. The van der Waals surface area contributed by atoms with E-state index in [0.717, 1.165) is 31.4 Å². The second-order valence-corrected chi connectivity index (χ2v) is 6.90. The second kappa shape index (κ2) is 7.21. The fourth-order valence-corrected chi connectivity index (χ4v) is 3.32. The van der Waals surface area contributed by atoms with Crippen LogP contribution in [-0.4, -0.2) is 32.0 Å². The summed E-state index contributed by atoms with van der Waals surface area (Å²) in [6, 6.07) is 8.83. The van der Waals surface area contributed by atoms with Crippen molar-refractivity contribution < 1.29 is 0 Å². The van der Waals surface area contributed by atoms with Gasteiger partial charge in [0.25, 0.3) is 0 Å². The van der Waals surface area contributed by atoms with E-state index in [2.05, 4.69) is 49.6 Å². The Morgan fingerprint density at radius 1 is 1.08 bits per heavy atom. The molecule has 134 valence electrons. The fourth-order valence-electron chi connectivity index (χ4n) is 3.32. The van der Waals surface area contributed by atoms with Crippen molar-refractivity contribution in [1.29, 1.82) is 0 Å². The highest BCUT2D eigenvalue weighted by atomic mass is 15.1. The topological polar surface area (TPSA) is 102 Å². The van der Waals surface area contributed by atoms with Gasteiger partial charge in [-0.3, -0.25) is 0 Å². The average Bonchev–Trinajstić information content (AvgIpc) is 2.64. The Bertz CT molecular complexity index is 903. The predicted octanol–water partition coefficient (Wildman–Crippen LogP) is 3.15. The van der Waals surface area contributed by atoms with Crippen molar-refractivity contribution in [2.45, 2.75) is 44.7 Å². The smallest absolute Gasteiger partial charge is 0.223 e. The molecule has 2 aromatic heterocycles. The van der Waals surface area contributed by atoms with Crippen molar-refractivity contribution >= 4 is 28.5 Å². The van der Waals surface area contributed by atoms with Gasteiger partial charge in [-0.2, -0.15) is 0 Å². The number of nitrogens with one attached hydrogen (secondary N) is 2. The molecule has 0 spiro atoms. The van der Waals surface area contributed by atoms with E-state index in [4.69, 9.17) is 5.73 Å². The summed E-state index contributed by atoms with van der Waals surface area (Å²) in [5, 5.41) is 6.77. The lowest BCUT2D eigenvalue weighted by atomic mass is 9.92. The zero-order chi connectivity index (χ0) is 17.9. The number of nitrogens with two attached hydrogens (primary N) is 1. The summed E-state index contributed by atoms with van der Waals surface area (Å²) >= 11 is 0. The van der Waals surface area contributed by atoms with E-state index in [1.54, 1.807) is 6.20 Å². The Labute approximate surface area is 152 Å². The van der Waals surface area contributed by atoms with Crippen molar-refractivity contribution in [3.05, 3.63) is 42.4 Å². The molecule has 1 aromatic carbocycles. The van der Waals surface area contributed by atoms with Crippen LogP contribution in [0.25, 0.3) is 11.0 Å². The standard InChI is InChI=1S/C19H23N7/c1-12-3-2-4-15(9-12)24-18-17-16(22-11-23-18)10-21-19(26-17)25-14-7-5-13(20)6-8-14/h2-4,9-11,13-14H,5-8,20H2,1H3,(H,21,25,26)(H,22,23,24)/t13-,14-. The van der Waals surface area contributed by atoms with Gasteiger partial charge in [-0.25, -0.2) is 19.9 Å². The third-order valence-electron chi connectivity index (χ3n) is 4.76. The third-order valence-corrected chi connectivity index (χ3v) is 4.76. The summed E-state index contributed by atoms with van der Waals surface area (Å²) in [7, 11) is 0. The monoisotopic (exact) mass is 349 g/mol. The number of aryl methyl sites for hydroxylation is 1. The molecule has 4 rings (SSSR count). The summed E-state index contributed by atoms with van der Waals surface area (Å²) in [5.41, 5.74) is 9.56. The minimum absolute atomic E-state index is 0.323. The minimum atomic E-state index is 0.323. The van der Waals surface area contributed by atoms with Crippen molar-refractivity contribution in [2.75, 3.05) is 10.6 Å². The van der Waals surface area contributed by atoms with E-state index < -0.39 is 0 Å². The molecule has 1 aliphatic carbocycles. The van der Waals surface area contributed by atoms with Gasteiger partial charge in [0.1, 0.15) is 17.4 Å². The average molecular weight is 349 g/mol. The lowest BCUT2D eigenvalue weighted by Gasteiger charge is -2.26. The van der Waals surface area contributed by atoms with Gasteiger partial charge in [0.05, 0.1) is 6.20 Å². The molecule has 0 bridgehead atoms. The SMILES string of the molecule is Cc1cccc(Nc2ncnc3cnc(N[C@H]4CC[C@H](N)CC4)nc23)c1. The molecular formula is C19H23N7. The maximum atomic E-state index is 5.98. The van der Waals surface area contributed by atoms with Gasteiger partial charge in [0.2, 0.25) is 5.95 Å². The molecule has 1 saturated carbocycles. The zero-order valence-electron chi connectivity index (χ0n) is 14.8. The Morgan fingerprint density at radius 2 is 1.92 bits per heavy atom. The summed E-state index contributed by atoms with van der Waals surface area (Å²) in [5.74, 6) is 1.29. The number of nitrogens with zero attached hydrogens (tertiary/aromatic N) is 4. The largest absolute Gasteiger partial charge is 0.351 e. The first-order valence-electron chi connectivity index (χ1n) is 9.01. The molecule has 0 saturated heterocycles. The number of aromatic nitrogens is 4. The number of fused-ring (bicyclic) bond motifs is 1. The molecule has 0 amide bonds. The minimum Gasteiger partial charge on any atom is -0.351 e. The number of rotatable bonds is 4. The molecule has 4 N–H and O–H groups in total. The Morgan fingerprint density at radius 3 is 2.73 bits per heavy atom. The molecule has 7 nitrogen and oxygen atoms in total. The highest BCUT2D eigenvalue weighted by Gasteiger charge is 2.19. The normalized spacial score (nSPS) is 20.1. The Hall–Kier alpha value is -2.80. The summed E-state index contributed by atoms with van der Waals surface area (Å²) in [6.07, 6.45) is 7.43. The van der Waals surface area contributed by atoms with Crippen LogP contribution in [-0.2, 0) is 0 Å². The van der Waals surface area contributed by atoms with Gasteiger partial charge >= 0.3 is 0 Å². The molecule has 0 unspecified atom stereocenters. The van der Waals surface area contributed by atoms with Crippen LogP contribution < -0.4 is 16.4 Å². The molecule has 1 fully saturated rings. The molecule has 7 heteroatoms. The van der Waals surface area contributed by atoms with Crippen LogP contribution in [0.5, 0.6) is 0 Å². The van der Waals surface area contributed by atoms with Crippen LogP contribution in [0.4, 0.5) is 17.5 Å². The van der Waals surface area contributed by atoms with E-state index in [0.29, 0.717) is 34.9 Å². The molecule has 26 heavy (non-hydrogen) atoms. The van der Waals surface area contributed by atoms with Gasteiger partial charge in [0, 0.05) is 17.8 Å². The Balaban J connectivity index is 1.60. The molecule has 3 aromatic rings. The third kappa shape index (κ3) is 3.72. The van der Waals surface area contributed by atoms with E-state index in [9.17, 15) is 0 Å². The maximum absolute atomic E-state index is 5.98. The molecule has 0 aliphatic heterocycles. The van der Waals surface area contributed by atoms with Crippen molar-refractivity contribution in [3.63, 3.8) is 0 Å². The first-order chi connectivity index (χ1) is 12.7. The number of hydrogen-bond acceptors (Lipinski definition) is 7. The van der Waals surface area contributed by atoms with Gasteiger partial charge < -0.3 is 16.4 Å². The van der Waals surface area contributed by atoms with Crippen molar-refractivity contribution in [3.8, 4) is 0 Å². The predicted molar refractivity (Wildman–Crippen MR) is 103 cm³/mol. The summed E-state index contributed by atoms with van der Waals surface area (Å²) in [4.78, 5) is 17.7. The van der Waals surface area contributed by atoms with Crippen LogP contribution in [0.1, 0.15) is 31.2 Å². The van der Waals surface area contributed by atoms with E-state index in [1.165, 1.54) is 11.9 Å². The van der Waals surface area contributed by atoms with Crippen LogP contribution in [0, 0.1) is 6.92 Å². The molecule has 2 heterocycles. The molecule has 1 aliphatic rings. The maximum Gasteiger partial charge on any atom is 0.223 e. The molecular weight excluding hydrogens is 326 g/mol. The molecule has 0 radical (unpaired) electrons. The van der Waals surface area contributed by atoms with Crippen LogP contribution in [0.2, 0.25) is 0 Å². The quantitative estimate of drug-likeness (QED) is 0.665. The second-order valence-electron chi connectivity index (χ2n) is 6.90. The summed E-state index contributed by atoms with van der Waals surface area (Å²) < 4.78 is 0. The fraction of sp³-hybridized carbons (Fsp3) is 0.368. The number of hydrogen-bond donors (Lipinski definition) is 3. The van der Waals surface area contributed by atoms with Gasteiger partial charge in [0.15, 0.2) is 5.82 Å². The van der Waals surface area contributed by atoms with E-state index in [1.807, 2.05) is 12.1 Å². The summed E-state index contributed by atoms with van der Waals surface area (Å²) in [6.45, 7) is 2.06. The first-order valence-corrected chi connectivity index (χ1v) is 9.01. The lowest BCUT2D eigenvalue weighted by Crippen LogP contribution is -2.33. The molecule has 0 atom stereocenters. The highest BCUT2D eigenvalue weighted by Crippen LogP contribution is 2.24. The van der Waals surface area contributed by atoms with Crippen LogP contribution >= 0.6 is 0 Å². The van der Waals surface area contributed by atoms with Crippen molar-refractivity contribution in [1.82, 2.24) is 19.9 Å². The van der Waals surface area contributed by atoms with Gasteiger partial charge in [-0.1, -0.05) is 12.1 Å². The zero-order valence-corrected chi connectivity index (χ0v) is 14.8. The van der Waals surface area contributed by atoms with Crippen molar-refractivity contribution in [2.24, 2.45) is 5.73 Å². The van der Waals surface area contributed by atoms with E-state index >= 15 is 0 Å². The van der Waals surface area contributed by atoms with E-state index in [-0.39, 0.29) is 0 Å². The van der Waals surface area contributed by atoms with Crippen LogP contribution in [0.15, 0.2) is 36.8 Å². The van der Waals surface area contributed by atoms with Crippen LogP contribution in [0.3, 0.4) is 0 Å². The highest BCUT2D eigenvalue weighted by molar-refractivity contribution is 5.87. The van der Waals surface area contributed by atoms with Gasteiger partial charge in [-0.15, -0.1) is 0 Å². The lowest BCUT2D eigenvalue weighted by molar-refractivity contribution is 0.410.